The molecule has 4 nitrogen and oxygen atoms in total. The number of fused-ring (bicyclic) bond motifs is 1. The molecule has 0 bridgehead atoms. The summed E-state index contributed by atoms with van der Waals surface area (Å²) in [6, 6.07) is 5.90. The van der Waals surface area contributed by atoms with Crippen molar-refractivity contribution in [1.29, 1.82) is 0 Å². The van der Waals surface area contributed by atoms with Gasteiger partial charge in [0.05, 0.1) is 6.61 Å². The number of pyridine rings is 1. The molecule has 4 heteroatoms. The van der Waals surface area contributed by atoms with E-state index in [2.05, 4.69) is 17.2 Å². The molecule has 0 saturated heterocycles. The number of benzene rings is 1. The maximum atomic E-state index is 5.94. The minimum atomic E-state index is 0.462. The lowest BCUT2D eigenvalue weighted by molar-refractivity contribution is 0.164. The van der Waals surface area contributed by atoms with Crippen molar-refractivity contribution in [2.75, 3.05) is 31.3 Å². The van der Waals surface area contributed by atoms with E-state index in [0.29, 0.717) is 5.92 Å². The number of hydrogen-bond acceptors (Lipinski definition) is 4. The number of aromatic nitrogens is 1. The standard InChI is InChI=1S/C14H19N3O/c1-10(9-18-2)7-17-14-4-3-13(15)12-8-16-6-5-11(12)14/h3-6,8,10,17H,7,9,15H2,1-2H3. The van der Waals surface area contributed by atoms with Gasteiger partial charge in [-0.2, -0.15) is 0 Å². The summed E-state index contributed by atoms with van der Waals surface area (Å²) in [5, 5.41) is 5.53. The molecule has 1 aromatic carbocycles. The molecular formula is C14H19N3O. The van der Waals surface area contributed by atoms with Crippen molar-refractivity contribution in [1.82, 2.24) is 4.98 Å². The van der Waals surface area contributed by atoms with Gasteiger partial charge in [-0.25, -0.2) is 0 Å². The van der Waals surface area contributed by atoms with Gasteiger partial charge in [0.1, 0.15) is 0 Å². The summed E-state index contributed by atoms with van der Waals surface area (Å²) in [5.74, 6) is 0.462. The molecule has 0 spiro atoms. The van der Waals surface area contributed by atoms with Gasteiger partial charge in [0.25, 0.3) is 0 Å². The molecule has 0 aliphatic heterocycles. The molecule has 0 radical (unpaired) electrons. The molecule has 18 heavy (non-hydrogen) atoms. The summed E-state index contributed by atoms with van der Waals surface area (Å²) >= 11 is 0. The van der Waals surface area contributed by atoms with Crippen LogP contribution in [0.5, 0.6) is 0 Å². The molecule has 1 atom stereocenters. The van der Waals surface area contributed by atoms with Gasteiger partial charge in [-0.3, -0.25) is 4.98 Å². The van der Waals surface area contributed by atoms with E-state index in [1.54, 1.807) is 19.5 Å². The highest BCUT2D eigenvalue weighted by molar-refractivity contribution is 6.00. The van der Waals surface area contributed by atoms with Crippen LogP contribution in [0.15, 0.2) is 30.6 Å². The van der Waals surface area contributed by atoms with Crippen LogP contribution in [0, 0.1) is 5.92 Å². The molecule has 1 aromatic heterocycles. The SMILES string of the molecule is COCC(C)CNc1ccc(N)c2cnccc12. The van der Waals surface area contributed by atoms with Crippen molar-refractivity contribution in [3.8, 4) is 0 Å². The third kappa shape index (κ3) is 2.71. The molecule has 2 rings (SSSR count). The van der Waals surface area contributed by atoms with Crippen LogP contribution in [-0.4, -0.2) is 25.2 Å². The number of nitrogen functional groups attached to an aromatic ring is 1. The Morgan fingerprint density at radius 1 is 1.33 bits per heavy atom. The quantitative estimate of drug-likeness (QED) is 0.795. The topological polar surface area (TPSA) is 60.2 Å². The Bertz CT molecular complexity index is 527. The molecule has 0 aliphatic rings. The zero-order valence-corrected chi connectivity index (χ0v) is 10.8. The summed E-state index contributed by atoms with van der Waals surface area (Å²) in [7, 11) is 1.72. The minimum absolute atomic E-state index is 0.462. The maximum Gasteiger partial charge on any atom is 0.0504 e. The highest BCUT2D eigenvalue weighted by Crippen LogP contribution is 2.27. The second-order valence-electron chi connectivity index (χ2n) is 4.57. The Kier molecular flexibility index (Phi) is 3.99. The number of anilines is 2. The van der Waals surface area contributed by atoms with E-state index in [9.17, 15) is 0 Å². The van der Waals surface area contributed by atoms with Crippen molar-refractivity contribution < 1.29 is 4.74 Å². The fourth-order valence-corrected chi connectivity index (χ4v) is 1.99. The molecular weight excluding hydrogens is 226 g/mol. The third-order valence-electron chi connectivity index (χ3n) is 2.94. The summed E-state index contributed by atoms with van der Waals surface area (Å²) < 4.78 is 5.13. The first-order valence-corrected chi connectivity index (χ1v) is 6.07. The largest absolute Gasteiger partial charge is 0.398 e. The van der Waals surface area contributed by atoms with E-state index >= 15 is 0 Å². The first kappa shape index (κ1) is 12.6. The van der Waals surface area contributed by atoms with E-state index in [1.165, 1.54) is 0 Å². The lowest BCUT2D eigenvalue weighted by atomic mass is 10.1. The van der Waals surface area contributed by atoms with Crippen LogP contribution >= 0.6 is 0 Å². The van der Waals surface area contributed by atoms with Crippen LogP contribution < -0.4 is 11.1 Å². The number of hydrogen-bond donors (Lipinski definition) is 2. The van der Waals surface area contributed by atoms with Crippen LogP contribution in [0.25, 0.3) is 10.8 Å². The van der Waals surface area contributed by atoms with E-state index in [0.717, 1.165) is 35.3 Å². The Labute approximate surface area is 107 Å². The Balaban J connectivity index is 2.21. The summed E-state index contributed by atoms with van der Waals surface area (Å²) in [6.07, 6.45) is 3.58. The van der Waals surface area contributed by atoms with E-state index < -0.39 is 0 Å². The third-order valence-corrected chi connectivity index (χ3v) is 2.94. The second-order valence-corrected chi connectivity index (χ2v) is 4.57. The summed E-state index contributed by atoms with van der Waals surface area (Å²) in [6.45, 7) is 3.77. The van der Waals surface area contributed by atoms with Gasteiger partial charge < -0.3 is 15.8 Å². The highest BCUT2D eigenvalue weighted by Gasteiger charge is 2.05. The Morgan fingerprint density at radius 2 is 2.17 bits per heavy atom. The van der Waals surface area contributed by atoms with Gasteiger partial charge in [-0.05, 0) is 24.1 Å². The molecule has 1 heterocycles. The Morgan fingerprint density at radius 3 is 2.94 bits per heavy atom. The monoisotopic (exact) mass is 245 g/mol. The summed E-state index contributed by atoms with van der Waals surface area (Å²) in [5.41, 5.74) is 7.79. The number of nitrogens with one attached hydrogen (secondary N) is 1. The van der Waals surface area contributed by atoms with Crippen LogP contribution in [0.3, 0.4) is 0 Å². The van der Waals surface area contributed by atoms with Gasteiger partial charge in [0.2, 0.25) is 0 Å². The smallest absolute Gasteiger partial charge is 0.0504 e. The van der Waals surface area contributed by atoms with Crippen LogP contribution in [0.2, 0.25) is 0 Å². The normalized spacial score (nSPS) is 12.6. The number of methoxy groups -OCH3 is 1. The van der Waals surface area contributed by atoms with Crippen molar-refractivity contribution in [3.05, 3.63) is 30.6 Å². The molecule has 0 fully saturated rings. The van der Waals surface area contributed by atoms with Crippen LogP contribution in [0.1, 0.15) is 6.92 Å². The molecule has 1 unspecified atom stereocenters. The highest BCUT2D eigenvalue weighted by atomic mass is 16.5. The Hall–Kier alpha value is -1.81. The van der Waals surface area contributed by atoms with Crippen LogP contribution in [-0.2, 0) is 4.74 Å². The molecule has 2 aromatic rings. The van der Waals surface area contributed by atoms with E-state index in [1.807, 2.05) is 18.2 Å². The van der Waals surface area contributed by atoms with Gasteiger partial charge >= 0.3 is 0 Å². The zero-order valence-electron chi connectivity index (χ0n) is 10.8. The predicted octanol–water partition coefficient (Wildman–Crippen LogP) is 2.51. The van der Waals surface area contributed by atoms with Gasteiger partial charge in [-0.15, -0.1) is 0 Å². The predicted molar refractivity (Wildman–Crippen MR) is 75.7 cm³/mol. The fourth-order valence-electron chi connectivity index (χ4n) is 1.99. The average Bonchev–Trinajstić information content (AvgIpc) is 2.39. The molecule has 0 saturated carbocycles. The lowest BCUT2D eigenvalue weighted by Crippen LogP contribution is -2.15. The van der Waals surface area contributed by atoms with Gasteiger partial charge in [0.15, 0.2) is 0 Å². The fraction of sp³-hybridized carbons (Fsp3) is 0.357. The van der Waals surface area contributed by atoms with E-state index in [-0.39, 0.29) is 0 Å². The molecule has 0 amide bonds. The number of rotatable bonds is 5. The lowest BCUT2D eigenvalue weighted by Gasteiger charge is -2.14. The van der Waals surface area contributed by atoms with E-state index in [4.69, 9.17) is 10.5 Å². The number of ether oxygens (including phenoxy) is 1. The van der Waals surface area contributed by atoms with Crippen LogP contribution in [0.4, 0.5) is 11.4 Å². The molecule has 3 N–H and O–H groups in total. The maximum absolute atomic E-state index is 5.94. The first-order valence-electron chi connectivity index (χ1n) is 6.07. The second kappa shape index (κ2) is 5.69. The van der Waals surface area contributed by atoms with Crippen molar-refractivity contribution in [2.45, 2.75) is 6.92 Å². The van der Waals surface area contributed by atoms with Crippen molar-refractivity contribution >= 4 is 22.1 Å². The summed E-state index contributed by atoms with van der Waals surface area (Å²) in [4.78, 5) is 4.11. The zero-order chi connectivity index (χ0) is 13.0. The molecule has 96 valence electrons. The van der Waals surface area contributed by atoms with Crippen molar-refractivity contribution in [3.63, 3.8) is 0 Å². The molecule has 0 aliphatic carbocycles. The average molecular weight is 245 g/mol. The van der Waals surface area contributed by atoms with Gasteiger partial charge in [-0.1, -0.05) is 6.92 Å². The number of nitrogens with zero attached hydrogens (tertiary/aromatic N) is 1. The minimum Gasteiger partial charge on any atom is -0.398 e. The van der Waals surface area contributed by atoms with Gasteiger partial charge in [0, 0.05) is 48.2 Å². The first-order chi connectivity index (χ1) is 8.72. The van der Waals surface area contributed by atoms with Crippen molar-refractivity contribution in [2.24, 2.45) is 5.92 Å². The number of nitrogens with two attached hydrogens (primary N) is 1.